The van der Waals surface area contributed by atoms with Crippen molar-refractivity contribution in [2.24, 2.45) is 5.92 Å². The zero-order valence-electron chi connectivity index (χ0n) is 11.8. The number of esters is 1. The predicted octanol–water partition coefficient (Wildman–Crippen LogP) is 3.00. The van der Waals surface area contributed by atoms with E-state index in [0.29, 0.717) is 11.9 Å². The second-order valence-corrected chi connectivity index (χ2v) is 6.71. The molecular weight excluding hydrogens is 248 g/mol. The molecule has 1 atom stereocenters. The van der Waals surface area contributed by atoms with Gasteiger partial charge in [-0.15, -0.1) is 0 Å². The second kappa shape index (κ2) is 7.39. The minimum atomic E-state index is -0.572. The molecular formula is C14H26O3S. The van der Waals surface area contributed by atoms with Crippen molar-refractivity contribution in [1.82, 2.24) is 0 Å². The number of rotatable bonds is 6. The monoisotopic (exact) mass is 274 g/mol. The van der Waals surface area contributed by atoms with Gasteiger partial charge >= 0.3 is 5.97 Å². The van der Waals surface area contributed by atoms with Gasteiger partial charge in [0.05, 0.1) is 18.1 Å². The normalized spacial score (nSPS) is 29.9. The van der Waals surface area contributed by atoms with Crippen molar-refractivity contribution in [1.29, 1.82) is 0 Å². The zero-order valence-corrected chi connectivity index (χ0v) is 12.6. The Morgan fingerprint density at radius 2 is 2.06 bits per heavy atom. The Hall–Kier alpha value is -0.220. The highest BCUT2D eigenvalue weighted by Gasteiger charge is 2.36. The standard InChI is InChI=1S/C14H26O3S/c1-4-11(3)18-10-14(16)8-6-12(7-9-14)13(15)17-5-2/h11-12,16H,4-10H2,1-3H3. The average molecular weight is 274 g/mol. The van der Waals surface area contributed by atoms with Crippen LogP contribution in [0.3, 0.4) is 0 Å². The summed E-state index contributed by atoms with van der Waals surface area (Å²) in [6.45, 7) is 6.64. The minimum absolute atomic E-state index is 0.00109. The van der Waals surface area contributed by atoms with Crippen LogP contribution in [0.1, 0.15) is 52.9 Å². The summed E-state index contributed by atoms with van der Waals surface area (Å²) < 4.78 is 5.04. The lowest BCUT2D eigenvalue weighted by Crippen LogP contribution is -2.39. The molecule has 3 nitrogen and oxygen atoms in total. The summed E-state index contributed by atoms with van der Waals surface area (Å²) >= 11 is 1.84. The Morgan fingerprint density at radius 1 is 1.44 bits per heavy atom. The number of ether oxygens (including phenoxy) is 1. The molecule has 0 spiro atoms. The molecule has 1 fully saturated rings. The van der Waals surface area contributed by atoms with E-state index in [0.717, 1.165) is 37.9 Å². The molecule has 0 heterocycles. The van der Waals surface area contributed by atoms with Crippen LogP contribution in [0.4, 0.5) is 0 Å². The van der Waals surface area contributed by atoms with Crippen molar-refractivity contribution >= 4 is 17.7 Å². The Labute approximate surface area is 115 Å². The summed E-state index contributed by atoms with van der Waals surface area (Å²) in [6, 6.07) is 0. The SMILES string of the molecule is CCOC(=O)C1CCC(O)(CSC(C)CC)CC1. The van der Waals surface area contributed by atoms with Gasteiger partial charge in [0.2, 0.25) is 0 Å². The highest BCUT2D eigenvalue weighted by Crippen LogP contribution is 2.36. The molecule has 18 heavy (non-hydrogen) atoms. The molecule has 4 heteroatoms. The molecule has 0 aromatic rings. The van der Waals surface area contributed by atoms with Crippen LogP contribution in [0.25, 0.3) is 0 Å². The highest BCUT2D eigenvalue weighted by molar-refractivity contribution is 7.99. The van der Waals surface area contributed by atoms with Crippen molar-refractivity contribution in [3.05, 3.63) is 0 Å². The number of carbonyl (C=O) groups is 1. The fourth-order valence-electron chi connectivity index (χ4n) is 2.21. The molecule has 0 amide bonds. The fraction of sp³-hybridized carbons (Fsp3) is 0.929. The molecule has 0 aliphatic heterocycles. The van der Waals surface area contributed by atoms with Crippen LogP contribution in [0.2, 0.25) is 0 Å². The quantitative estimate of drug-likeness (QED) is 0.756. The molecule has 106 valence electrons. The van der Waals surface area contributed by atoms with Gasteiger partial charge in [0, 0.05) is 11.0 Å². The zero-order chi connectivity index (χ0) is 13.6. The van der Waals surface area contributed by atoms with E-state index in [1.165, 1.54) is 0 Å². The number of carbonyl (C=O) groups excluding carboxylic acids is 1. The van der Waals surface area contributed by atoms with Crippen LogP contribution < -0.4 is 0 Å². The lowest BCUT2D eigenvalue weighted by molar-refractivity contribution is -0.150. The van der Waals surface area contributed by atoms with E-state index in [1.54, 1.807) is 0 Å². The Bertz CT molecular complexity index is 260. The molecule has 1 saturated carbocycles. The van der Waals surface area contributed by atoms with E-state index in [2.05, 4.69) is 13.8 Å². The average Bonchev–Trinajstić information content (AvgIpc) is 2.37. The summed E-state index contributed by atoms with van der Waals surface area (Å²) in [5.74, 6) is 0.699. The third-order valence-electron chi connectivity index (χ3n) is 3.75. The topological polar surface area (TPSA) is 46.5 Å². The molecule has 1 aliphatic carbocycles. The van der Waals surface area contributed by atoms with Crippen molar-refractivity contribution < 1.29 is 14.6 Å². The van der Waals surface area contributed by atoms with Crippen molar-refractivity contribution in [2.75, 3.05) is 12.4 Å². The summed E-state index contributed by atoms with van der Waals surface area (Å²) in [4.78, 5) is 11.6. The van der Waals surface area contributed by atoms with Gasteiger partial charge in [-0.1, -0.05) is 13.8 Å². The first-order valence-electron chi connectivity index (χ1n) is 7.01. The molecule has 0 bridgehead atoms. The van der Waals surface area contributed by atoms with E-state index in [1.807, 2.05) is 18.7 Å². The van der Waals surface area contributed by atoms with Crippen LogP contribution in [-0.2, 0) is 9.53 Å². The molecule has 0 radical (unpaired) electrons. The minimum Gasteiger partial charge on any atom is -0.466 e. The van der Waals surface area contributed by atoms with Crippen LogP contribution in [0.5, 0.6) is 0 Å². The molecule has 1 N–H and O–H groups in total. The van der Waals surface area contributed by atoms with Crippen molar-refractivity contribution in [3.63, 3.8) is 0 Å². The summed E-state index contributed by atoms with van der Waals surface area (Å²) in [7, 11) is 0. The molecule has 0 aromatic carbocycles. The molecule has 1 rings (SSSR count). The van der Waals surface area contributed by atoms with Gasteiger partial charge in [-0.05, 0) is 39.0 Å². The third-order valence-corrected chi connectivity index (χ3v) is 5.35. The van der Waals surface area contributed by atoms with Gasteiger partial charge in [0.15, 0.2) is 0 Å². The van der Waals surface area contributed by atoms with Gasteiger partial charge in [0.25, 0.3) is 0 Å². The number of thioether (sulfide) groups is 1. The van der Waals surface area contributed by atoms with Gasteiger partial charge in [-0.2, -0.15) is 11.8 Å². The largest absolute Gasteiger partial charge is 0.466 e. The second-order valence-electron chi connectivity index (χ2n) is 5.28. The molecule has 0 saturated heterocycles. The molecule has 1 aliphatic rings. The first-order valence-corrected chi connectivity index (χ1v) is 8.06. The number of aliphatic hydroxyl groups is 1. The van der Waals surface area contributed by atoms with E-state index >= 15 is 0 Å². The van der Waals surface area contributed by atoms with E-state index in [-0.39, 0.29) is 11.9 Å². The number of hydrogen-bond acceptors (Lipinski definition) is 4. The van der Waals surface area contributed by atoms with Crippen molar-refractivity contribution in [2.45, 2.75) is 63.7 Å². The maximum atomic E-state index is 11.6. The Kier molecular flexibility index (Phi) is 6.50. The summed E-state index contributed by atoms with van der Waals surface area (Å²) in [5, 5.41) is 11.1. The maximum absolute atomic E-state index is 11.6. The fourth-order valence-corrected chi connectivity index (χ4v) is 3.33. The van der Waals surface area contributed by atoms with Crippen LogP contribution in [-0.4, -0.2) is 34.3 Å². The maximum Gasteiger partial charge on any atom is 0.308 e. The lowest BCUT2D eigenvalue weighted by atomic mass is 9.80. The first kappa shape index (κ1) is 15.8. The van der Waals surface area contributed by atoms with Gasteiger partial charge in [0.1, 0.15) is 0 Å². The highest BCUT2D eigenvalue weighted by atomic mass is 32.2. The van der Waals surface area contributed by atoms with Crippen molar-refractivity contribution in [3.8, 4) is 0 Å². The van der Waals surface area contributed by atoms with E-state index in [9.17, 15) is 9.90 Å². The Morgan fingerprint density at radius 3 is 2.56 bits per heavy atom. The van der Waals surface area contributed by atoms with Gasteiger partial charge < -0.3 is 9.84 Å². The van der Waals surface area contributed by atoms with Gasteiger partial charge in [-0.3, -0.25) is 4.79 Å². The van der Waals surface area contributed by atoms with Crippen LogP contribution in [0.15, 0.2) is 0 Å². The van der Waals surface area contributed by atoms with E-state index in [4.69, 9.17) is 4.74 Å². The van der Waals surface area contributed by atoms with E-state index < -0.39 is 5.60 Å². The molecule has 1 unspecified atom stereocenters. The summed E-state index contributed by atoms with van der Waals surface area (Å²) in [6.07, 6.45) is 4.10. The smallest absolute Gasteiger partial charge is 0.308 e. The Balaban J connectivity index is 2.35. The van der Waals surface area contributed by atoms with Crippen LogP contribution in [0, 0.1) is 5.92 Å². The first-order chi connectivity index (χ1) is 8.50. The molecule has 0 aromatic heterocycles. The lowest BCUT2D eigenvalue weighted by Gasteiger charge is -2.35. The third kappa shape index (κ3) is 4.81. The van der Waals surface area contributed by atoms with Crippen LogP contribution >= 0.6 is 11.8 Å². The number of hydrogen-bond donors (Lipinski definition) is 1. The predicted molar refractivity (Wildman–Crippen MR) is 75.8 cm³/mol. The van der Waals surface area contributed by atoms with Gasteiger partial charge in [-0.25, -0.2) is 0 Å². The summed E-state index contributed by atoms with van der Waals surface area (Å²) in [5.41, 5.74) is -0.572.